The maximum atomic E-state index is 12.5. The van der Waals surface area contributed by atoms with Gasteiger partial charge in [0.1, 0.15) is 0 Å². The summed E-state index contributed by atoms with van der Waals surface area (Å²) in [5, 5.41) is 2.71. The number of aryl methyl sites for hydroxylation is 1. The van der Waals surface area contributed by atoms with Gasteiger partial charge in [0.25, 0.3) is 0 Å². The summed E-state index contributed by atoms with van der Waals surface area (Å²) in [7, 11) is 1.31. The Morgan fingerprint density at radius 1 is 1.17 bits per heavy atom. The van der Waals surface area contributed by atoms with Gasteiger partial charge in [0, 0.05) is 12.2 Å². The van der Waals surface area contributed by atoms with E-state index in [-0.39, 0.29) is 24.8 Å². The molecule has 1 rings (SSSR count). The van der Waals surface area contributed by atoms with Crippen LogP contribution in [-0.2, 0) is 9.53 Å². The smallest absolute Gasteiger partial charge is 0.339 e. The molecule has 0 aliphatic heterocycles. The fourth-order valence-electron chi connectivity index (χ4n) is 2.45. The lowest BCUT2D eigenvalue weighted by atomic mass is 10.1. The van der Waals surface area contributed by atoms with Crippen LogP contribution in [-0.4, -0.2) is 60.8 Å². The standard InChI is InChI=1S/C16H25N3O4/c1-6-17-13(21)9-19(7-2)8-12(20)15-10(3)14(11(4)18-15)16(22)23-5/h18H,6-9H2,1-5H3,(H,17,21). The summed E-state index contributed by atoms with van der Waals surface area (Å²) >= 11 is 0. The number of amides is 1. The van der Waals surface area contributed by atoms with Crippen molar-refractivity contribution < 1.29 is 19.1 Å². The monoisotopic (exact) mass is 323 g/mol. The first kappa shape index (κ1) is 18.9. The van der Waals surface area contributed by atoms with Gasteiger partial charge in [-0.05, 0) is 32.9 Å². The number of nitrogens with zero attached hydrogens (tertiary/aromatic N) is 1. The molecule has 1 aromatic rings. The molecule has 0 aliphatic rings. The number of hydrogen-bond donors (Lipinski definition) is 2. The second kappa shape index (κ2) is 8.47. The molecule has 0 atom stereocenters. The fourth-order valence-corrected chi connectivity index (χ4v) is 2.45. The number of H-pyrrole nitrogens is 1. The molecule has 23 heavy (non-hydrogen) atoms. The van der Waals surface area contributed by atoms with Gasteiger partial charge in [-0.3, -0.25) is 14.5 Å². The highest BCUT2D eigenvalue weighted by atomic mass is 16.5. The number of aromatic nitrogens is 1. The third-order valence-electron chi connectivity index (χ3n) is 3.66. The first-order chi connectivity index (χ1) is 10.8. The van der Waals surface area contributed by atoms with Crippen LogP contribution in [0.5, 0.6) is 0 Å². The van der Waals surface area contributed by atoms with Crippen LogP contribution in [0, 0.1) is 13.8 Å². The largest absolute Gasteiger partial charge is 0.465 e. The summed E-state index contributed by atoms with van der Waals surface area (Å²) in [6.07, 6.45) is 0. The minimum atomic E-state index is -0.468. The van der Waals surface area contributed by atoms with Gasteiger partial charge in [0.05, 0.1) is 31.5 Å². The van der Waals surface area contributed by atoms with E-state index in [1.54, 1.807) is 18.7 Å². The second-order valence-corrected chi connectivity index (χ2v) is 5.30. The minimum Gasteiger partial charge on any atom is -0.465 e. The fraction of sp³-hybridized carbons (Fsp3) is 0.562. The summed E-state index contributed by atoms with van der Waals surface area (Å²) < 4.78 is 4.74. The third kappa shape index (κ3) is 4.66. The number of aromatic amines is 1. The van der Waals surface area contributed by atoms with Gasteiger partial charge >= 0.3 is 5.97 Å². The van der Waals surface area contributed by atoms with E-state index in [1.807, 2.05) is 13.8 Å². The van der Waals surface area contributed by atoms with Crippen molar-refractivity contribution in [3.63, 3.8) is 0 Å². The molecule has 1 amide bonds. The number of esters is 1. The van der Waals surface area contributed by atoms with E-state index in [2.05, 4.69) is 10.3 Å². The van der Waals surface area contributed by atoms with Crippen molar-refractivity contribution in [2.24, 2.45) is 0 Å². The number of rotatable bonds is 8. The van der Waals surface area contributed by atoms with Crippen LogP contribution in [0.15, 0.2) is 0 Å². The van der Waals surface area contributed by atoms with Crippen LogP contribution in [0.3, 0.4) is 0 Å². The molecule has 0 fully saturated rings. The quantitative estimate of drug-likeness (QED) is 0.551. The average molecular weight is 323 g/mol. The number of Topliss-reactive ketones (excluding diaryl/α,β-unsaturated/α-hetero) is 1. The number of nitrogens with one attached hydrogen (secondary N) is 2. The molecule has 0 aliphatic carbocycles. The maximum absolute atomic E-state index is 12.5. The van der Waals surface area contributed by atoms with Gasteiger partial charge in [-0.25, -0.2) is 4.79 Å². The first-order valence-electron chi connectivity index (χ1n) is 7.65. The van der Waals surface area contributed by atoms with Crippen LogP contribution in [0.25, 0.3) is 0 Å². The van der Waals surface area contributed by atoms with Crippen LogP contribution in [0.2, 0.25) is 0 Å². The Morgan fingerprint density at radius 3 is 2.35 bits per heavy atom. The van der Waals surface area contributed by atoms with Crippen molar-refractivity contribution in [3.05, 3.63) is 22.5 Å². The Hall–Kier alpha value is -2.15. The van der Waals surface area contributed by atoms with E-state index in [4.69, 9.17) is 4.74 Å². The molecule has 128 valence electrons. The van der Waals surface area contributed by atoms with Crippen molar-refractivity contribution in [3.8, 4) is 0 Å². The van der Waals surface area contributed by atoms with E-state index < -0.39 is 5.97 Å². The highest BCUT2D eigenvalue weighted by Crippen LogP contribution is 2.19. The van der Waals surface area contributed by atoms with Gasteiger partial charge < -0.3 is 15.0 Å². The number of ether oxygens (including phenoxy) is 1. The van der Waals surface area contributed by atoms with E-state index in [0.717, 1.165) is 0 Å². The maximum Gasteiger partial charge on any atom is 0.339 e. The summed E-state index contributed by atoms with van der Waals surface area (Å²) in [5.41, 5.74) is 1.96. The van der Waals surface area contributed by atoms with Gasteiger partial charge in [-0.1, -0.05) is 6.92 Å². The molecule has 0 bridgehead atoms. The summed E-state index contributed by atoms with van der Waals surface area (Å²) in [4.78, 5) is 40.6. The number of carbonyl (C=O) groups is 3. The van der Waals surface area contributed by atoms with Crippen molar-refractivity contribution in [2.75, 3.05) is 33.3 Å². The zero-order valence-electron chi connectivity index (χ0n) is 14.4. The first-order valence-corrected chi connectivity index (χ1v) is 7.65. The van der Waals surface area contributed by atoms with Crippen molar-refractivity contribution in [2.45, 2.75) is 27.7 Å². The van der Waals surface area contributed by atoms with Crippen LogP contribution in [0.4, 0.5) is 0 Å². The van der Waals surface area contributed by atoms with Crippen LogP contribution >= 0.6 is 0 Å². The number of hydrogen-bond acceptors (Lipinski definition) is 5. The normalized spacial score (nSPS) is 10.7. The zero-order chi connectivity index (χ0) is 17.6. The van der Waals surface area contributed by atoms with Gasteiger partial charge in [0.2, 0.25) is 5.91 Å². The van der Waals surface area contributed by atoms with E-state index >= 15 is 0 Å². The topological polar surface area (TPSA) is 91.5 Å². The molecule has 1 heterocycles. The molecule has 0 aromatic carbocycles. The number of likely N-dealkylation sites (N-methyl/N-ethyl adjacent to an activating group) is 2. The highest BCUT2D eigenvalue weighted by Gasteiger charge is 2.23. The molecule has 0 spiro atoms. The number of ketones is 1. The Labute approximate surface area is 136 Å². The van der Waals surface area contributed by atoms with Crippen molar-refractivity contribution in [1.82, 2.24) is 15.2 Å². The molecular weight excluding hydrogens is 298 g/mol. The van der Waals surface area contributed by atoms with Crippen molar-refractivity contribution in [1.29, 1.82) is 0 Å². The third-order valence-corrected chi connectivity index (χ3v) is 3.66. The van der Waals surface area contributed by atoms with Crippen LogP contribution < -0.4 is 5.32 Å². The van der Waals surface area contributed by atoms with E-state index in [9.17, 15) is 14.4 Å². The predicted molar refractivity (Wildman–Crippen MR) is 86.7 cm³/mol. The van der Waals surface area contributed by atoms with Gasteiger partial charge in [0.15, 0.2) is 5.78 Å². The Balaban J connectivity index is 2.89. The lowest BCUT2D eigenvalue weighted by Crippen LogP contribution is -2.39. The average Bonchev–Trinajstić information content (AvgIpc) is 2.81. The molecule has 7 heteroatoms. The molecule has 0 radical (unpaired) electrons. The molecule has 2 N–H and O–H groups in total. The summed E-state index contributed by atoms with van der Waals surface area (Å²) in [5.74, 6) is -0.742. The lowest BCUT2D eigenvalue weighted by molar-refractivity contribution is -0.121. The second-order valence-electron chi connectivity index (χ2n) is 5.30. The van der Waals surface area contributed by atoms with E-state index in [0.29, 0.717) is 35.6 Å². The lowest BCUT2D eigenvalue weighted by Gasteiger charge is -2.18. The van der Waals surface area contributed by atoms with Gasteiger partial charge in [-0.2, -0.15) is 0 Å². The summed E-state index contributed by atoms with van der Waals surface area (Å²) in [6.45, 7) is 8.57. The minimum absolute atomic E-state index is 0.106. The predicted octanol–water partition coefficient (Wildman–Crippen LogP) is 1.06. The molecule has 7 nitrogen and oxygen atoms in total. The van der Waals surface area contributed by atoms with Crippen LogP contribution in [0.1, 0.15) is 46.0 Å². The van der Waals surface area contributed by atoms with Gasteiger partial charge in [-0.15, -0.1) is 0 Å². The molecule has 1 aromatic heterocycles. The SMILES string of the molecule is CCNC(=O)CN(CC)CC(=O)c1[nH]c(C)c(C(=O)OC)c1C. The van der Waals surface area contributed by atoms with E-state index in [1.165, 1.54) is 7.11 Å². The molecular formula is C16H25N3O4. The Kier molecular flexibility index (Phi) is 6.96. The number of carbonyl (C=O) groups excluding carboxylic acids is 3. The zero-order valence-corrected chi connectivity index (χ0v) is 14.4. The Bertz CT molecular complexity index is 592. The molecule has 0 saturated heterocycles. The highest BCUT2D eigenvalue weighted by molar-refractivity contribution is 6.02. The molecule has 0 saturated carbocycles. The van der Waals surface area contributed by atoms with Crippen molar-refractivity contribution >= 4 is 17.7 Å². The molecule has 0 unspecified atom stereocenters. The summed E-state index contributed by atoms with van der Waals surface area (Å²) in [6, 6.07) is 0. The Morgan fingerprint density at radius 2 is 1.83 bits per heavy atom. The number of methoxy groups -OCH3 is 1.